The molecule has 1 unspecified atom stereocenters. The van der Waals surface area contributed by atoms with Crippen molar-refractivity contribution >= 4 is 30.7 Å². The van der Waals surface area contributed by atoms with E-state index in [1.165, 1.54) is 37.1 Å². The second kappa shape index (κ2) is 10.9. The highest BCUT2D eigenvalue weighted by Crippen LogP contribution is 2.14. The fourth-order valence-electron chi connectivity index (χ4n) is 3.45. The van der Waals surface area contributed by atoms with Gasteiger partial charge in [0.1, 0.15) is 0 Å². The molecule has 0 radical (unpaired) electrons. The molecule has 2 aliphatic rings. The maximum absolute atomic E-state index is 12.2. The lowest BCUT2D eigenvalue weighted by Crippen LogP contribution is -2.40. The van der Waals surface area contributed by atoms with Crippen LogP contribution in [0, 0.1) is 5.92 Å². The number of piperidine rings is 1. The van der Waals surface area contributed by atoms with E-state index in [1.54, 1.807) is 0 Å². The zero-order valence-corrected chi connectivity index (χ0v) is 15.8. The van der Waals surface area contributed by atoms with E-state index in [2.05, 4.69) is 39.8 Å². The van der Waals surface area contributed by atoms with Crippen LogP contribution in [0.15, 0.2) is 24.3 Å². The SMILES string of the molecule is Cl.Cl.O=C(NCc1cccc(CN2CCCC2)c1)C1CCCNC1. The van der Waals surface area contributed by atoms with Crippen molar-refractivity contribution < 1.29 is 4.79 Å². The van der Waals surface area contributed by atoms with E-state index in [1.807, 2.05) is 0 Å². The first-order chi connectivity index (χ1) is 10.8. The summed E-state index contributed by atoms with van der Waals surface area (Å²) >= 11 is 0. The van der Waals surface area contributed by atoms with E-state index in [9.17, 15) is 4.79 Å². The molecule has 2 heterocycles. The van der Waals surface area contributed by atoms with Crippen LogP contribution in [0.3, 0.4) is 0 Å². The molecule has 1 aromatic rings. The lowest BCUT2D eigenvalue weighted by atomic mass is 9.99. The van der Waals surface area contributed by atoms with Gasteiger partial charge in [-0.2, -0.15) is 0 Å². The summed E-state index contributed by atoms with van der Waals surface area (Å²) in [6.45, 7) is 5.98. The van der Waals surface area contributed by atoms with Gasteiger partial charge in [-0.15, -0.1) is 24.8 Å². The summed E-state index contributed by atoms with van der Waals surface area (Å²) in [6.07, 6.45) is 4.76. The highest BCUT2D eigenvalue weighted by atomic mass is 35.5. The van der Waals surface area contributed by atoms with Gasteiger partial charge in [0.25, 0.3) is 0 Å². The summed E-state index contributed by atoms with van der Waals surface area (Å²) in [4.78, 5) is 14.7. The third-order valence-corrected chi connectivity index (χ3v) is 4.73. The molecular weight excluding hydrogens is 345 g/mol. The maximum atomic E-state index is 12.2. The highest BCUT2D eigenvalue weighted by Gasteiger charge is 2.20. The summed E-state index contributed by atoms with van der Waals surface area (Å²) < 4.78 is 0. The van der Waals surface area contributed by atoms with Crippen LogP contribution in [-0.4, -0.2) is 37.0 Å². The number of halogens is 2. The molecule has 0 aliphatic carbocycles. The van der Waals surface area contributed by atoms with Crippen molar-refractivity contribution in [1.82, 2.24) is 15.5 Å². The molecule has 4 nitrogen and oxygen atoms in total. The predicted molar refractivity (Wildman–Crippen MR) is 103 cm³/mol. The minimum Gasteiger partial charge on any atom is -0.352 e. The zero-order valence-electron chi connectivity index (χ0n) is 14.1. The number of rotatable bonds is 5. The molecule has 1 amide bonds. The van der Waals surface area contributed by atoms with Gasteiger partial charge in [0.05, 0.1) is 5.92 Å². The molecule has 3 rings (SSSR count). The third kappa shape index (κ3) is 6.25. The van der Waals surface area contributed by atoms with E-state index >= 15 is 0 Å². The largest absolute Gasteiger partial charge is 0.352 e. The van der Waals surface area contributed by atoms with Crippen molar-refractivity contribution in [2.45, 2.75) is 38.8 Å². The van der Waals surface area contributed by atoms with Gasteiger partial charge >= 0.3 is 0 Å². The average Bonchev–Trinajstić information content (AvgIpc) is 3.07. The molecule has 0 saturated carbocycles. The summed E-state index contributed by atoms with van der Waals surface area (Å²) in [5.74, 6) is 0.332. The van der Waals surface area contributed by atoms with Crippen molar-refractivity contribution in [3.63, 3.8) is 0 Å². The van der Waals surface area contributed by atoms with Gasteiger partial charge in [-0.1, -0.05) is 24.3 Å². The normalized spacial score (nSPS) is 20.8. The number of carbonyl (C=O) groups is 1. The Morgan fingerprint density at radius 2 is 1.92 bits per heavy atom. The smallest absolute Gasteiger partial charge is 0.224 e. The van der Waals surface area contributed by atoms with Gasteiger partial charge in [-0.05, 0) is 56.4 Å². The molecule has 2 fully saturated rings. The molecule has 1 aromatic carbocycles. The van der Waals surface area contributed by atoms with Crippen LogP contribution in [0.25, 0.3) is 0 Å². The second-order valence-corrected chi connectivity index (χ2v) is 6.56. The van der Waals surface area contributed by atoms with Gasteiger partial charge in [0, 0.05) is 19.6 Å². The van der Waals surface area contributed by atoms with Crippen LogP contribution in [-0.2, 0) is 17.9 Å². The van der Waals surface area contributed by atoms with Crippen LogP contribution in [0.2, 0.25) is 0 Å². The highest BCUT2D eigenvalue weighted by molar-refractivity contribution is 5.85. The Bertz CT molecular complexity index is 501. The Morgan fingerprint density at radius 3 is 2.62 bits per heavy atom. The maximum Gasteiger partial charge on any atom is 0.224 e. The number of nitrogens with zero attached hydrogens (tertiary/aromatic N) is 1. The molecule has 2 aliphatic heterocycles. The number of nitrogens with one attached hydrogen (secondary N) is 2. The molecule has 6 heteroatoms. The Labute approximate surface area is 157 Å². The molecule has 0 spiro atoms. The Balaban J connectivity index is 0.00000144. The van der Waals surface area contributed by atoms with Gasteiger partial charge in [-0.3, -0.25) is 9.69 Å². The van der Waals surface area contributed by atoms with E-state index < -0.39 is 0 Å². The first-order valence-corrected chi connectivity index (χ1v) is 8.60. The molecule has 0 aromatic heterocycles. The third-order valence-electron chi connectivity index (χ3n) is 4.73. The van der Waals surface area contributed by atoms with Gasteiger partial charge < -0.3 is 10.6 Å². The number of benzene rings is 1. The summed E-state index contributed by atoms with van der Waals surface area (Å²) in [5.41, 5.74) is 2.56. The minimum absolute atomic E-state index is 0. The quantitative estimate of drug-likeness (QED) is 0.833. The summed E-state index contributed by atoms with van der Waals surface area (Å²) in [7, 11) is 0. The van der Waals surface area contributed by atoms with Crippen LogP contribution in [0.5, 0.6) is 0 Å². The average molecular weight is 374 g/mol. The van der Waals surface area contributed by atoms with Crippen LogP contribution in [0.4, 0.5) is 0 Å². The first-order valence-electron chi connectivity index (χ1n) is 8.60. The molecular formula is C18H29Cl2N3O. The lowest BCUT2D eigenvalue weighted by Gasteiger charge is -2.22. The number of hydrogen-bond acceptors (Lipinski definition) is 3. The van der Waals surface area contributed by atoms with Gasteiger partial charge in [0.2, 0.25) is 5.91 Å². The van der Waals surface area contributed by atoms with E-state index in [-0.39, 0.29) is 36.6 Å². The predicted octanol–water partition coefficient (Wildman–Crippen LogP) is 2.74. The molecule has 24 heavy (non-hydrogen) atoms. The fraction of sp³-hybridized carbons (Fsp3) is 0.611. The Kier molecular flexibility index (Phi) is 9.67. The van der Waals surface area contributed by atoms with Gasteiger partial charge in [0.15, 0.2) is 0 Å². The van der Waals surface area contributed by atoms with Crippen molar-refractivity contribution in [3.05, 3.63) is 35.4 Å². The van der Waals surface area contributed by atoms with E-state index in [0.29, 0.717) is 6.54 Å². The number of carbonyl (C=O) groups excluding carboxylic acids is 1. The number of hydrogen-bond donors (Lipinski definition) is 2. The molecule has 1 atom stereocenters. The van der Waals surface area contributed by atoms with Crippen LogP contribution < -0.4 is 10.6 Å². The molecule has 2 saturated heterocycles. The monoisotopic (exact) mass is 373 g/mol. The van der Waals surface area contributed by atoms with Crippen LogP contribution >= 0.6 is 24.8 Å². The number of amides is 1. The molecule has 136 valence electrons. The van der Waals surface area contributed by atoms with E-state index in [0.717, 1.165) is 32.5 Å². The van der Waals surface area contributed by atoms with Crippen molar-refractivity contribution in [3.8, 4) is 0 Å². The Morgan fingerprint density at radius 1 is 1.17 bits per heavy atom. The topological polar surface area (TPSA) is 44.4 Å². The van der Waals surface area contributed by atoms with Crippen molar-refractivity contribution in [1.29, 1.82) is 0 Å². The van der Waals surface area contributed by atoms with Gasteiger partial charge in [-0.25, -0.2) is 0 Å². The van der Waals surface area contributed by atoms with Crippen molar-refractivity contribution in [2.24, 2.45) is 5.92 Å². The fourth-order valence-corrected chi connectivity index (χ4v) is 3.45. The first kappa shape index (κ1) is 21.2. The standard InChI is InChI=1S/C18H27N3O.2ClH/c22-18(17-7-4-8-19-13-17)20-12-15-5-3-6-16(11-15)14-21-9-1-2-10-21;;/h3,5-6,11,17,19H,1-2,4,7-10,12-14H2,(H,20,22);2*1H. The lowest BCUT2D eigenvalue weighted by molar-refractivity contribution is -0.125. The summed E-state index contributed by atoms with van der Waals surface area (Å²) in [6, 6.07) is 8.63. The second-order valence-electron chi connectivity index (χ2n) is 6.56. The van der Waals surface area contributed by atoms with Crippen molar-refractivity contribution in [2.75, 3.05) is 26.2 Å². The zero-order chi connectivity index (χ0) is 15.2. The number of likely N-dealkylation sites (tertiary alicyclic amines) is 1. The molecule has 2 N–H and O–H groups in total. The summed E-state index contributed by atoms with van der Waals surface area (Å²) in [5, 5.41) is 6.39. The van der Waals surface area contributed by atoms with E-state index in [4.69, 9.17) is 0 Å². The molecule has 0 bridgehead atoms. The minimum atomic E-state index is 0. The Hall–Kier alpha value is -0.810. The van der Waals surface area contributed by atoms with Crippen LogP contribution in [0.1, 0.15) is 36.8 Å².